The Hall–Kier alpha value is -2.56. The number of phenolic OH excluding ortho intramolecular Hbond substituents is 2. The highest BCUT2D eigenvalue weighted by Gasteiger charge is 2.15. The van der Waals surface area contributed by atoms with Gasteiger partial charge in [0.25, 0.3) is 0 Å². The summed E-state index contributed by atoms with van der Waals surface area (Å²) in [5.74, 6) is -0.0237. The van der Waals surface area contributed by atoms with Gasteiger partial charge in [-0.1, -0.05) is 6.07 Å². The van der Waals surface area contributed by atoms with E-state index in [0.717, 1.165) is 0 Å². The van der Waals surface area contributed by atoms with Gasteiger partial charge in [0, 0.05) is 7.05 Å². The molecule has 0 saturated carbocycles. The number of halogens is 1. The minimum atomic E-state index is -0.418. The van der Waals surface area contributed by atoms with Crippen molar-refractivity contribution < 1.29 is 14.6 Å². The first-order chi connectivity index (χ1) is 9.08. The summed E-state index contributed by atoms with van der Waals surface area (Å²) >= 11 is 0. The number of aromatic hydroxyl groups is 2. The molecule has 0 fully saturated rings. The van der Waals surface area contributed by atoms with E-state index in [0.29, 0.717) is 16.9 Å². The highest BCUT2D eigenvalue weighted by molar-refractivity contribution is 5.82. The molecule has 2 N–H and O–H groups in total. The van der Waals surface area contributed by atoms with Crippen LogP contribution in [0.5, 0.6) is 11.5 Å². The number of phenols is 2. The van der Waals surface area contributed by atoms with E-state index in [2.05, 4.69) is 4.98 Å². The van der Waals surface area contributed by atoms with Crippen LogP contribution in [0.1, 0.15) is 0 Å². The van der Waals surface area contributed by atoms with Gasteiger partial charge in [0.05, 0.1) is 11.1 Å². The maximum absolute atomic E-state index is 13.7. The smallest absolute Gasteiger partial charge is 0.151 e. The summed E-state index contributed by atoms with van der Waals surface area (Å²) < 4.78 is 15.4. The summed E-state index contributed by atoms with van der Waals surface area (Å²) in [6.45, 7) is 0. The van der Waals surface area contributed by atoms with Crippen molar-refractivity contribution in [3.63, 3.8) is 0 Å². The Morgan fingerprint density at radius 1 is 1.16 bits per heavy atom. The van der Waals surface area contributed by atoms with Crippen LogP contribution in [-0.4, -0.2) is 19.8 Å². The van der Waals surface area contributed by atoms with E-state index >= 15 is 0 Å². The lowest BCUT2D eigenvalue weighted by atomic mass is 10.2. The van der Waals surface area contributed by atoms with Gasteiger partial charge in [-0.2, -0.15) is 0 Å². The molecule has 1 aromatic heterocycles. The lowest BCUT2D eigenvalue weighted by molar-refractivity contribution is 0.461. The van der Waals surface area contributed by atoms with Crippen molar-refractivity contribution in [2.45, 2.75) is 0 Å². The number of rotatable bonds is 1. The molecular formula is C14H11FN2O2. The SMILES string of the molecule is Cn1c(-c2cc(O)ccc2O)nc2c(F)cccc21. The lowest BCUT2D eigenvalue weighted by Gasteiger charge is -2.05. The number of nitrogens with zero attached hydrogens (tertiary/aromatic N) is 2. The van der Waals surface area contributed by atoms with Crippen molar-refractivity contribution in [3.05, 3.63) is 42.2 Å². The molecule has 0 bridgehead atoms. The van der Waals surface area contributed by atoms with Gasteiger partial charge in [-0.15, -0.1) is 0 Å². The Morgan fingerprint density at radius 3 is 2.68 bits per heavy atom. The van der Waals surface area contributed by atoms with E-state index in [9.17, 15) is 14.6 Å². The van der Waals surface area contributed by atoms with Crippen LogP contribution in [0.25, 0.3) is 22.4 Å². The number of para-hydroxylation sites is 1. The van der Waals surface area contributed by atoms with Crippen molar-refractivity contribution in [1.82, 2.24) is 9.55 Å². The lowest BCUT2D eigenvalue weighted by Crippen LogP contribution is -1.92. The maximum atomic E-state index is 13.7. The number of fused-ring (bicyclic) bond motifs is 1. The zero-order valence-corrected chi connectivity index (χ0v) is 10.1. The van der Waals surface area contributed by atoms with E-state index in [-0.39, 0.29) is 17.0 Å². The maximum Gasteiger partial charge on any atom is 0.151 e. The van der Waals surface area contributed by atoms with Gasteiger partial charge in [-0.05, 0) is 30.3 Å². The van der Waals surface area contributed by atoms with Gasteiger partial charge >= 0.3 is 0 Å². The quantitative estimate of drug-likeness (QED) is 0.660. The second kappa shape index (κ2) is 3.98. The van der Waals surface area contributed by atoms with Crippen LogP contribution in [0, 0.1) is 5.82 Å². The largest absolute Gasteiger partial charge is 0.508 e. The fourth-order valence-electron chi connectivity index (χ4n) is 2.12. The molecule has 2 aromatic carbocycles. The molecule has 0 radical (unpaired) electrons. The van der Waals surface area contributed by atoms with E-state index in [1.807, 2.05) is 0 Å². The summed E-state index contributed by atoms with van der Waals surface area (Å²) in [4.78, 5) is 4.20. The molecule has 4 nitrogen and oxygen atoms in total. The molecule has 0 atom stereocenters. The molecule has 0 unspecified atom stereocenters. The second-order valence-electron chi connectivity index (χ2n) is 4.30. The third kappa shape index (κ3) is 1.71. The Bertz CT molecular complexity index is 780. The van der Waals surface area contributed by atoms with Gasteiger partial charge in [0.1, 0.15) is 22.8 Å². The Balaban J connectivity index is 2.34. The molecule has 0 aliphatic heterocycles. The van der Waals surface area contributed by atoms with E-state index < -0.39 is 5.82 Å². The van der Waals surface area contributed by atoms with Gasteiger partial charge < -0.3 is 14.8 Å². The predicted molar refractivity (Wildman–Crippen MR) is 69.4 cm³/mol. The van der Waals surface area contributed by atoms with Gasteiger partial charge in [0.15, 0.2) is 5.82 Å². The van der Waals surface area contributed by atoms with Crippen molar-refractivity contribution in [2.24, 2.45) is 7.05 Å². The second-order valence-corrected chi connectivity index (χ2v) is 4.30. The van der Waals surface area contributed by atoms with Crippen LogP contribution in [0.4, 0.5) is 4.39 Å². The third-order valence-electron chi connectivity index (χ3n) is 3.08. The Labute approximate surface area is 108 Å². The normalized spacial score (nSPS) is 11.1. The molecular weight excluding hydrogens is 247 g/mol. The van der Waals surface area contributed by atoms with Crippen molar-refractivity contribution in [1.29, 1.82) is 0 Å². The monoisotopic (exact) mass is 258 g/mol. The number of hydrogen-bond donors (Lipinski definition) is 2. The number of hydrogen-bond acceptors (Lipinski definition) is 3. The molecule has 0 amide bonds. The van der Waals surface area contributed by atoms with Crippen LogP contribution in [-0.2, 0) is 7.05 Å². The first kappa shape index (κ1) is 11.5. The topological polar surface area (TPSA) is 58.3 Å². The average Bonchev–Trinajstić information content (AvgIpc) is 2.72. The van der Waals surface area contributed by atoms with E-state index in [1.165, 1.54) is 24.3 Å². The highest BCUT2D eigenvalue weighted by Crippen LogP contribution is 2.33. The first-order valence-corrected chi connectivity index (χ1v) is 5.71. The van der Waals surface area contributed by atoms with Crippen molar-refractivity contribution >= 4 is 11.0 Å². The minimum absolute atomic E-state index is 0.0142. The summed E-state index contributed by atoms with van der Waals surface area (Å²) in [5, 5.41) is 19.3. The van der Waals surface area contributed by atoms with Crippen LogP contribution in [0.3, 0.4) is 0 Å². The third-order valence-corrected chi connectivity index (χ3v) is 3.08. The van der Waals surface area contributed by atoms with Crippen LogP contribution >= 0.6 is 0 Å². The molecule has 0 spiro atoms. The molecule has 0 aliphatic rings. The molecule has 96 valence electrons. The summed E-state index contributed by atoms with van der Waals surface area (Å²) in [7, 11) is 1.73. The van der Waals surface area contributed by atoms with Crippen LogP contribution in [0.2, 0.25) is 0 Å². The minimum Gasteiger partial charge on any atom is -0.508 e. The molecule has 3 aromatic rings. The first-order valence-electron chi connectivity index (χ1n) is 5.71. The Kier molecular flexibility index (Phi) is 2.41. The molecule has 0 aliphatic carbocycles. The number of imidazole rings is 1. The molecule has 5 heteroatoms. The van der Waals surface area contributed by atoms with Gasteiger partial charge in [-0.25, -0.2) is 9.37 Å². The fourth-order valence-corrected chi connectivity index (χ4v) is 2.12. The van der Waals surface area contributed by atoms with Crippen LogP contribution in [0.15, 0.2) is 36.4 Å². The Morgan fingerprint density at radius 2 is 1.95 bits per heavy atom. The summed E-state index contributed by atoms with van der Waals surface area (Å²) in [5.41, 5.74) is 1.22. The highest BCUT2D eigenvalue weighted by atomic mass is 19.1. The molecule has 1 heterocycles. The van der Waals surface area contributed by atoms with Crippen molar-refractivity contribution in [2.75, 3.05) is 0 Å². The van der Waals surface area contributed by atoms with Gasteiger partial charge in [-0.3, -0.25) is 0 Å². The fraction of sp³-hybridized carbons (Fsp3) is 0.0714. The van der Waals surface area contributed by atoms with Crippen molar-refractivity contribution in [3.8, 4) is 22.9 Å². The molecule has 19 heavy (non-hydrogen) atoms. The molecule has 0 saturated heterocycles. The molecule has 3 rings (SSSR count). The number of aryl methyl sites for hydroxylation is 1. The predicted octanol–water partition coefficient (Wildman–Crippen LogP) is 2.79. The van der Waals surface area contributed by atoms with Crippen LogP contribution < -0.4 is 0 Å². The average molecular weight is 258 g/mol. The van der Waals surface area contributed by atoms with E-state index in [4.69, 9.17) is 0 Å². The standard InChI is InChI=1S/C14H11FN2O2/c1-17-11-4-2-3-10(15)13(11)16-14(17)9-7-8(18)5-6-12(9)19/h2-7,18-19H,1H3. The zero-order valence-electron chi connectivity index (χ0n) is 10.1. The zero-order chi connectivity index (χ0) is 13.6. The number of benzene rings is 2. The van der Waals surface area contributed by atoms with E-state index in [1.54, 1.807) is 23.7 Å². The van der Waals surface area contributed by atoms with Gasteiger partial charge in [0.2, 0.25) is 0 Å². The summed E-state index contributed by atoms with van der Waals surface area (Å²) in [6.07, 6.45) is 0. The number of aromatic nitrogens is 2. The summed E-state index contributed by atoms with van der Waals surface area (Å²) in [6, 6.07) is 8.83.